The molecule has 5 aromatic rings. The number of aromatic nitrogens is 5. The van der Waals surface area contributed by atoms with E-state index in [2.05, 4.69) is 31.7 Å². The Hall–Kier alpha value is -4.90. The minimum absolute atomic E-state index is 0.113. The molecule has 164 valence electrons. The topological polar surface area (TPSA) is 100 Å². The van der Waals surface area contributed by atoms with Crippen molar-refractivity contribution < 1.29 is 9.13 Å². The Balaban J connectivity index is 1.69. The largest absolute Gasteiger partial charge is 0.460 e. The van der Waals surface area contributed by atoms with Crippen molar-refractivity contribution in [2.45, 2.75) is 6.10 Å². The summed E-state index contributed by atoms with van der Waals surface area (Å²) in [6.45, 7) is 0. The maximum Gasteiger partial charge on any atom is 0.233 e. The van der Waals surface area contributed by atoms with Crippen LogP contribution >= 0.6 is 0 Å². The molecule has 0 amide bonds. The third kappa shape index (κ3) is 4.23. The first-order valence-corrected chi connectivity index (χ1v) is 10.4. The summed E-state index contributed by atoms with van der Waals surface area (Å²) in [6.07, 6.45) is -0.758. The van der Waals surface area contributed by atoms with E-state index in [4.69, 9.17) is 4.74 Å². The van der Waals surface area contributed by atoms with Gasteiger partial charge in [0.05, 0.1) is 5.69 Å². The summed E-state index contributed by atoms with van der Waals surface area (Å²) < 4.78 is 19.9. The molecule has 0 radical (unpaired) electrons. The van der Waals surface area contributed by atoms with Crippen LogP contribution in [0.1, 0.15) is 23.1 Å². The summed E-state index contributed by atoms with van der Waals surface area (Å²) in [5, 5.41) is 24.4. The Morgan fingerprint density at radius 1 is 0.882 bits per heavy atom. The van der Waals surface area contributed by atoms with Gasteiger partial charge in [-0.1, -0.05) is 78.0 Å². The Labute approximate surface area is 194 Å². The van der Waals surface area contributed by atoms with Gasteiger partial charge in [-0.05, 0) is 23.8 Å². The number of nitrogens with zero attached hydrogens (tertiary/aromatic N) is 5. The molecule has 34 heavy (non-hydrogen) atoms. The van der Waals surface area contributed by atoms with Gasteiger partial charge in [0.1, 0.15) is 17.4 Å². The number of H-pyrrole nitrogens is 1. The monoisotopic (exact) mass is 448 g/mol. The number of benzene rings is 3. The first kappa shape index (κ1) is 21.0. The minimum atomic E-state index is -0.758. The number of nitrogens with one attached hydrogen (secondary N) is 1. The third-order valence-corrected chi connectivity index (χ3v) is 5.25. The van der Waals surface area contributed by atoms with Crippen molar-refractivity contribution in [1.29, 1.82) is 5.26 Å². The number of hydrogen-bond donors (Lipinski definition) is 1. The van der Waals surface area contributed by atoms with Gasteiger partial charge in [-0.2, -0.15) is 10.5 Å². The van der Waals surface area contributed by atoms with Crippen LogP contribution in [0.15, 0.2) is 91.0 Å². The average Bonchev–Trinajstić information content (AvgIpc) is 3.43. The maximum atomic E-state index is 13.6. The van der Waals surface area contributed by atoms with Gasteiger partial charge in [-0.3, -0.25) is 0 Å². The molecule has 5 rings (SSSR count). The van der Waals surface area contributed by atoms with Gasteiger partial charge in [0.2, 0.25) is 11.7 Å². The zero-order valence-electron chi connectivity index (χ0n) is 17.8. The van der Waals surface area contributed by atoms with Crippen LogP contribution in [-0.4, -0.2) is 25.6 Å². The van der Waals surface area contributed by atoms with Gasteiger partial charge in [-0.15, -0.1) is 10.2 Å². The molecule has 0 fully saturated rings. The van der Waals surface area contributed by atoms with E-state index in [0.29, 0.717) is 22.6 Å². The van der Waals surface area contributed by atoms with Crippen LogP contribution in [-0.2, 0) is 0 Å². The summed E-state index contributed by atoms with van der Waals surface area (Å²) in [5.41, 5.74) is 3.67. The van der Waals surface area contributed by atoms with Crippen LogP contribution in [0.5, 0.6) is 5.88 Å². The molecule has 2 aromatic heterocycles. The smallest absolute Gasteiger partial charge is 0.233 e. The lowest BCUT2D eigenvalue weighted by molar-refractivity contribution is 0.227. The summed E-state index contributed by atoms with van der Waals surface area (Å²) in [6, 6.07) is 28.9. The van der Waals surface area contributed by atoms with Gasteiger partial charge in [0.15, 0.2) is 6.10 Å². The first-order chi connectivity index (χ1) is 16.7. The lowest BCUT2D eigenvalue weighted by Gasteiger charge is -2.19. The fraction of sp³-hybridized carbons (Fsp3) is 0.0385. The molecule has 0 aliphatic rings. The predicted octanol–water partition coefficient (Wildman–Crippen LogP) is 5.11. The molecule has 0 aliphatic heterocycles. The van der Waals surface area contributed by atoms with E-state index in [9.17, 15) is 9.65 Å². The summed E-state index contributed by atoms with van der Waals surface area (Å²) in [5.74, 6) is 0.0458. The van der Waals surface area contributed by atoms with E-state index in [0.717, 1.165) is 11.1 Å². The highest BCUT2D eigenvalue weighted by Crippen LogP contribution is 2.36. The van der Waals surface area contributed by atoms with Gasteiger partial charge >= 0.3 is 0 Å². The molecule has 3 aromatic carbocycles. The SMILES string of the molecule is N#Cc1c(-c2ccc(F)cc2)cc(-c2ccccc2)nc1OC(c1ccccc1)c1nn[nH]n1. The van der Waals surface area contributed by atoms with Gasteiger partial charge in [0.25, 0.3) is 0 Å². The van der Waals surface area contributed by atoms with E-state index in [1.165, 1.54) is 12.1 Å². The Morgan fingerprint density at radius 3 is 2.24 bits per heavy atom. The van der Waals surface area contributed by atoms with Crippen LogP contribution in [0.4, 0.5) is 4.39 Å². The van der Waals surface area contributed by atoms with Crippen molar-refractivity contribution in [2.24, 2.45) is 0 Å². The number of pyridine rings is 1. The van der Waals surface area contributed by atoms with Crippen LogP contribution in [0, 0.1) is 17.1 Å². The number of nitriles is 1. The van der Waals surface area contributed by atoms with E-state index >= 15 is 0 Å². The number of halogens is 1. The van der Waals surface area contributed by atoms with E-state index < -0.39 is 6.10 Å². The Bertz CT molecular complexity index is 1430. The molecule has 1 atom stereocenters. The minimum Gasteiger partial charge on any atom is -0.460 e. The summed E-state index contributed by atoms with van der Waals surface area (Å²) in [4.78, 5) is 4.69. The third-order valence-electron chi connectivity index (χ3n) is 5.25. The fourth-order valence-electron chi connectivity index (χ4n) is 3.62. The number of rotatable bonds is 6. The quantitative estimate of drug-likeness (QED) is 0.388. The van der Waals surface area contributed by atoms with Crippen LogP contribution in [0.3, 0.4) is 0 Å². The summed E-state index contributed by atoms with van der Waals surface area (Å²) in [7, 11) is 0. The molecule has 0 saturated carbocycles. The second kappa shape index (κ2) is 9.30. The van der Waals surface area contributed by atoms with Crippen molar-refractivity contribution in [3.05, 3.63) is 114 Å². The zero-order valence-corrected chi connectivity index (χ0v) is 17.8. The first-order valence-electron chi connectivity index (χ1n) is 10.4. The maximum absolute atomic E-state index is 13.6. The van der Waals surface area contributed by atoms with Crippen molar-refractivity contribution in [2.75, 3.05) is 0 Å². The molecule has 8 heteroatoms. The lowest BCUT2D eigenvalue weighted by Crippen LogP contribution is -2.13. The highest BCUT2D eigenvalue weighted by atomic mass is 19.1. The second-order valence-electron chi connectivity index (χ2n) is 7.40. The number of aromatic amines is 1. The standard InChI is InChI=1S/C26H17FN6O/c27-20-13-11-17(12-14-20)21-15-23(18-7-3-1-4-8-18)29-26(22(21)16-28)34-24(25-30-32-33-31-25)19-9-5-2-6-10-19/h1-15,24H,(H,30,31,32,33). The molecule has 0 aliphatic carbocycles. The molecule has 1 N–H and O–H groups in total. The molecule has 7 nitrogen and oxygen atoms in total. The molecular formula is C26H17FN6O. The van der Waals surface area contributed by atoms with Crippen molar-refractivity contribution in [3.63, 3.8) is 0 Å². The lowest BCUT2D eigenvalue weighted by atomic mass is 9.98. The van der Waals surface area contributed by atoms with E-state index in [-0.39, 0.29) is 17.3 Å². The molecular weight excluding hydrogens is 431 g/mol. The number of tetrazole rings is 1. The summed E-state index contributed by atoms with van der Waals surface area (Å²) >= 11 is 0. The molecule has 2 heterocycles. The van der Waals surface area contributed by atoms with Crippen LogP contribution in [0.25, 0.3) is 22.4 Å². The molecule has 0 saturated heterocycles. The van der Waals surface area contributed by atoms with Gasteiger partial charge in [-0.25, -0.2) is 9.37 Å². The van der Waals surface area contributed by atoms with Crippen molar-refractivity contribution >= 4 is 0 Å². The van der Waals surface area contributed by atoms with E-state index in [1.807, 2.05) is 60.7 Å². The number of hydrogen-bond acceptors (Lipinski definition) is 6. The Kier molecular flexibility index (Phi) is 5.74. The van der Waals surface area contributed by atoms with Crippen LogP contribution < -0.4 is 4.74 Å². The zero-order chi connectivity index (χ0) is 23.3. The highest BCUT2D eigenvalue weighted by molar-refractivity contribution is 5.77. The fourth-order valence-corrected chi connectivity index (χ4v) is 3.62. The number of ether oxygens (including phenoxy) is 1. The average molecular weight is 448 g/mol. The molecule has 1 unspecified atom stereocenters. The second-order valence-corrected chi connectivity index (χ2v) is 7.40. The molecule has 0 bridgehead atoms. The van der Waals surface area contributed by atoms with Crippen LogP contribution in [0.2, 0.25) is 0 Å². The normalized spacial score (nSPS) is 11.5. The molecule has 0 spiro atoms. The highest BCUT2D eigenvalue weighted by Gasteiger charge is 2.25. The Morgan fingerprint density at radius 2 is 1.59 bits per heavy atom. The van der Waals surface area contributed by atoms with Crippen molar-refractivity contribution in [1.82, 2.24) is 25.6 Å². The van der Waals surface area contributed by atoms with Gasteiger partial charge < -0.3 is 4.74 Å². The van der Waals surface area contributed by atoms with Gasteiger partial charge in [0, 0.05) is 16.7 Å². The van der Waals surface area contributed by atoms with Crippen molar-refractivity contribution in [3.8, 4) is 34.3 Å². The van der Waals surface area contributed by atoms with E-state index in [1.54, 1.807) is 18.2 Å². The predicted molar refractivity (Wildman–Crippen MR) is 123 cm³/mol.